The molecule has 0 saturated heterocycles. The minimum Gasteiger partial charge on any atom is -0.465 e. The smallest absolute Gasteiger partial charge is 0.339 e. The number of nitrogens with zero attached hydrogens (tertiary/aromatic N) is 3. The molecule has 2 aromatic heterocycles. The first-order valence-electron chi connectivity index (χ1n) is 7.68. The summed E-state index contributed by atoms with van der Waals surface area (Å²) in [6.07, 6.45) is 10.1. The summed E-state index contributed by atoms with van der Waals surface area (Å²) in [5.74, 6) is 0.572. The van der Waals surface area contributed by atoms with Crippen LogP contribution in [0.15, 0.2) is 18.3 Å². The maximum atomic E-state index is 11.6. The van der Waals surface area contributed by atoms with E-state index in [9.17, 15) is 4.79 Å². The Morgan fingerprint density at radius 1 is 1.14 bits per heavy atom. The SMILES string of the molecule is CCCCCCCCc1nnc2ccc(C(=O)OC)cn12. The van der Waals surface area contributed by atoms with E-state index in [2.05, 4.69) is 17.1 Å². The number of aryl methyl sites for hydroxylation is 1. The van der Waals surface area contributed by atoms with Gasteiger partial charge in [0.2, 0.25) is 0 Å². The zero-order chi connectivity index (χ0) is 15.1. The highest BCUT2D eigenvalue weighted by Gasteiger charge is 2.10. The minimum absolute atomic E-state index is 0.337. The largest absolute Gasteiger partial charge is 0.465 e. The average molecular weight is 289 g/mol. The average Bonchev–Trinajstić information content (AvgIpc) is 2.92. The molecule has 0 fully saturated rings. The standard InChI is InChI=1S/C16H23N3O2/c1-3-4-5-6-7-8-9-14-17-18-15-11-10-13(12-19(14)15)16(20)21-2/h10-12H,3-9H2,1-2H3. The van der Waals surface area contributed by atoms with E-state index in [4.69, 9.17) is 4.74 Å². The van der Waals surface area contributed by atoms with E-state index in [1.807, 2.05) is 4.40 Å². The van der Waals surface area contributed by atoms with Crippen LogP contribution in [0.2, 0.25) is 0 Å². The number of carbonyl (C=O) groups is 1. The van der Waals surface area contributed by atoms with Crippen molar-refractivity contribution < 1.29 is 9.53 Å². The van der Waals surface area contributed by atoms with Crippen LogP contribution in [0, 0.1) is 0 Å². The lowest BCUT2D eigenvalue weighted by molar-refractivity contribution is 0.0600. The van der Waals surface area contributed by atoms with Gasteiger partial charge in [0.05, 0.1) is 12.7 Å². The van der Waals surface area contributed by atoms with Gasteiger partial charge in [0.15, 0.2) is 5.65 Å². The zero-order valence-corrected chi connectivity index (χ0v) is 12.8. The van der Waals surface area contributed by atoms with Gasteiger partial charge >= 0.3 is 5.97 Å². The van der Waals surface area contributed by atoms with E-state index >= 15 is 0 Å². The van der Waals surface area contributed by atoms with E-state index in [0.717, 1.165) is 24.3 Å². The van der Waals surface area contributed by atoms with Gasteiger partial charge in [0.25, 0.3) is 0 Å². The van der Waals surface area contributed by atoms with E-state index in [1.54, 1.807) is 18.3 Å². The van der Waals surface area contributed by atoms with Gasteiger partial charge < -0.3 is 4.74 Å². The first-order chi connectivity index (χ1) is 10.3. The fraction of sp³-hybridized carbons (Fsp3) is 0.562. The van der Waals surface area contributed by atoms with Crippen molar-refractivity contribution in [2.24, 2.45) is 0 Å². The van der Waals surface area contributed by atoms with Crippen molar-refractivity contribution in [3.8, 4) is 0 Å². The molecule has 114 valence electrons. The Morgan fingerprint density at radius 3 is 2.67 bits per heavy atom. The highest BCUT2D eigenvalue weighted by molar-refractivity contribution is 5.89. The van der Waals surface area contributed by atoms with Crippen LogP contribution in [-0.4, -0.2) is 27.7 Å². The summed E-state index contributed by atoms with van der Waals surface area (Å²) < 4.78 is 6.63. The molecule has 0 aliphatic carbocycles. The van der Waals surface area contributed by atoms with Gasteiger partial charge in [-0.25, -0.2) is 4.79 Å². The molecule has 5 heteroatoms. The van der Waals surface area contributed by atoms with Gasteiger partial charge in [-0.1, -0.05) is 39.0 Å². The lowest BCUT2D eigenvalue weighted by Crippen LogP contribution is -2.04. The Bertz CT molecular complexity index is 592. The van der Waals surface area contributed by atoms with Crippen LogP contribution in [-0.2, 0) is 11.2 Å². The number of fused-ring (bicyclic) bond motifs is 1. The number of hydrogen-bond acceptors (Lipinski definition) is 4. The summed E-state index contributed by atoms with van der Waals surface area (Å²) >= 11 is 0. The Labute approximate surface area is 125 Å². The van der Waals surface area contributed by atoms with Crippen LogP contribution in [0.5, 0.6) is 0 Å². The molecular weight excluding hydrogens is 266 g/mol. The maximum Gasteiger partial charge on any atom is 0.339 e. The van der Waals surface area contributed by atoms with Gasteiger partial charge in [-0.3, -0.25) is 4.40 Å². The molecule has 2 aromatic rings. The summed E-state index contributed by atoms with van der Waals surface area (Å²) in [6.45, 7) is 2.22. The molecule has 21 heavy (non-hydrogen) atoms. The lowest BCUT2D eigenvalue weighted by Gasteiger charge is -2.03. The summed E-state index contributed by atoms with van der Waals surface area (Å²) in [5, 5.41) is 8.35. The third-order valence-corrected chi connectivity index (χ3v) is 3.65. The van der Waals surface area contributed by atoms with Crippen LogP contribution in [0.1, 0.15) is 61.6 Å². The summed E-state index contributed by atoms with van der Waals surface area (Å²) in [5.41, 5.74) is 1.29. The third kappa shape index (κ3) is 4.03. The molecule has 2 rings (SSSR count). The Morgan fingerprint density at radius 2 is 1.90 bits per heavy atom. The number of methoxy groups -OCH3 is 1. The van der Waals surface area contributed by atoms with Crippen LogP contribution in [0.25, 0.3) is 5.65 Å². The second-order valence-corrected chi connectivity index (χ2v) is 5.27. The fourth-order valence-electron chi connectivity index (χ4n) is 2.41. The lowest BCUT2D eigenvalue weighted by atomic mass is 10.1. The Balaban J connectivity index is 1.98. The van der Waals surface area contributed by atoms with Crippen molar-refractivity contribution in [2.45, 2.75) is 51.9 Å². The molecule has 0 amide bonds. The summed E-state index contributed by atoms with van der Waals surface area (Å²) in [7, 11) is 1.38. The molecule has 0 unspecified atom stereocenters. The molecule has 0 atom stereocenters. The van der Waals surface area contributed by atoms with Crippen molar-refractivity contribution in [3.05, 3.63) is 29.7 Å². The number of esters is 1. The summed E-state index contributed by atoms with van der Waals surface area (Å²) in [6, 6.07) is 3.51. The number of unbranched alkanes of at least 4 members (excludes halogenated alkanes) is 5. The van der Waals surface area contributed by atoms with E-state index in [1.165, 1.54) is 39.2 Å². The van der Waals surface area contributed by atoms with Crippen LogP contribution < -0.4 is 0 Å². The number of aromatic nitrogens is 3. The van der Waals surface area contributed by atoms with Crippen LogP contribution >= 0.6 is 0 Å². The van der Waals surface area contributed by atoms with Gasteiger partial charge in [0, 0.05) is 12.6 Å². The first kappa shape index (κ1) is 15.5. The summed E-state index contributed by atoms with van der Waals surface area (Å²) in [4.78, 5) is 11.6. The van der Waals surface area contributed by atoms with Crippen LogP contribution in [0.3, 0.4) is 0 Å². The molecule has 0 aliphatic rings. The molecule has 0 aromatic carbocycles. The third-order valence-electron chi connectivity index (χ3n) is 3.65. The quantitative estimate of drug-likeness (QED) is 0.552. The number of rotatable bonds is 8. The number of hydrogen-bond donors (Lipinski definition) is 0. The Hall–Kier alpha value is -1.91. The van der Waals surface area contributed by atoms with Gasteiger partial charge in [0.1, 0.15) is 5.82 Å². The number of carbonyl (C=O) groups excluding carboxylic acids is 1. The number of ether oxygens (including phenoxy) is 1. The van der Waals surface area contributed by atoms with E-state index in [-0.39, 0.29) is 5.97 Å². The molecule has 2 heterocycles. The topological polar surface area (TPSA) is 56.5 Å². The highest BCUT2D eigenvalue weighted by Crippen LogP contribution is 2.12. The first-order valence-corrected chi connectivity index (χ1v) is 7.68. The highest BCUT2D eigenvalue weighted by atomic mass is 16.5. The molecule has 0 spiro atoms. The molecule has 0 N–H and O–H groups in total. The van der Waals surface area contributed by atoms with Crippen LogP contribution in [0.4, 0.5) is 0 Å². The number of pyridine rings is 1. The fourth-order valence-corrected chi connectivity index (χ4v) is 2.41. The van der Waals surface area contributed by atoms with Crippen molar-refractivity contribution in [1.29, 1.82) is 0 Å². The predicted octanol–water partition coefficient (Wildman–Crippen LogP) is 3.42. The monoisotopic (exact) mass is 289 g/mol. The van der Waals surface area contributed by atoms with Crippen molar-refractivity contribution in [1.82, 2.24) is 14.6 Å². The van der Waals surface area contributed by atoms with Gasteiger partial charge in [-0.2, -0.15) is 0 Å². The van der Waals surface area contributed by atoms with Crippen molar-refractivity contribution >= 4 is 11.6 Å². The van der Waals surface area contributed by atoms with E-state index < -0.39 is 0 Å². The Kier molecular flexibility index (Phi) is 5.72. The molecule has 0 radical (unpaired) electrons. The van der Waals surface area contributed by atoms with Crippen molar-refractivity contribution in [3.63, 3.8) is 0 Å². The van der Waals surface area contributed by atoms with E-state index in [0.29, 0.717) is 5.56 Å². The maximum absolute atomic E-state index is 11.6. The second-order valence-electron chi connectivity index (χ2n) is 5.27. The minimum atomic E-state index is -0.337. The van der Waals surface area contributed by atoms with Crippen molar-refractivity contribution in [2.75, 3.05) is 7.11 Å². The van der Waals surface area contributed by atoms with Gasteiger partial charge in [-0.15, -0.1) is 10.2 Å². The molecule has 0 aliphatic heterocycles. The predicted molar refractivity (Wildman–Crippen MR) is 81.4 cm³/mol. The zero-order valence-electron chi connectivity index (χ0n) is 12.8. The molecular formula is C16H23N3O2. The second kappa shape index (κ2) is 7.76. The molecule has 0 bridgehead atoms. The van der Waals surface area contributed by atoms with Gasteiger partial charge in [-0.05, 0) is 18.6 Å². The normalized spacial score (nSPS) is 11.0. The molecule has 5 nitrogen and oxygen atoms in total. The molecule has 0 saturated carbocycles.